The SMILES string of the molecule is COc1cc(=O)n(-c2ccc(C)cc2)nc1C(=O)Nc1cccc(C)c1C. The standard InChI is InChI=1S/C21H21N3O3/c1-13-8-10-16(11-9-13)24-19(25)12-18(27-4)20(23-24)21(26)22-17-7-5-6-14(2)15(17)3/h5-12H,1-4H3,(H,22,26). The average Bonchev–Trinajstić information content (AvgIpc) is 2.66. The molecular formula is C21H21N3O3. The van der Waals surface area contributed by atoms with Crippen LogP contribution in [0.2, 0.25) is 0 Å². The molecule has 6 heteroatoms. The number of carbonyl (C=O) groups excluding carboxylic acids is 1. The lowest BCUT2D eigenvalue weighted by Gasteiger charge is -2.13. The number of aromatic nitrogens is 2. The molecule has 0 saturated heterocycles. The van der Waals surface area contributed by atoms with E-state index in [1.807, 2.05) is 51.1 Å². The quantitative estimate of drug-likeness (QED) is 0.771. The molecule has 0 unspecified atom stereocenters. The fourth-order valence-electron chi connectivity index (χ4n) is 2.69. The van der Waals surface area contributed by atoms with Gasteiger partial charge in [0.25, 0.3) is 11.5 Å². The van der Waals surface area contributed by atoms with Gasteiger partial charge in [0.15, 0.2) is 11.4 Å². The Balaban J connectivity index is 2.04. The number of hydrogen-bond donors (Lipinski definition) is 1. The molecule has 1 N–H and O–H groups in total. The third-order valence-corrected chi connectivity index (χ3v) is 4.46. The molecule has 2 aromatic carbocycles. The minimum atomic E-state index is -0.443. The third kappa shape index (κ3) is 3.74. The summed E-state index contributed by atoms with van der Waals surface area (Å²) in [7, 11) is 1.40. The predicted molar refractivity (Wildman–Crippen MR) is 105 cm³/mol. The van der Waals surface area contributed by atoms with E-state index in [4.69, 9.17) is 4.74 Å². The fraction of sp³-hybridized carbons (Fsp3) is 0.190. The molecule has 138 valence electrons. The van der Waals surface area contributed by atoms with E-state index in [1.165, 1.54) is 17.9 Å². The minimum Gasteiger partial charge on any atom is -0.494 e. The summed E-state index contributed by atoms with van der Waals surface area (Å²) in [4.78, 5) is 25.2. The highest BCUT2D eigenvalue weighted by Crippen LogP contribution is 2.21. The summed E-state index contributed by atoms with van der Waals surface area (Å²) >= 11 is 0. The van der Waals surface area contributed by atoms with Crippen LogP contribution in [0.3, 0.4) is 0 Å². The summed E-state index contributed by atoms with van der Waals surface area (Å²) in [5, 5.41) is 7.11. The molecule has 0 saturated carbocycles. The lowest BCUT2D eigenvalue weighted by molar-refractivity contribution is 0.101. The topological polar surface area (TPSA) is 73.2 Å². The number of rotatable bonds is 4. The Kier molecular flexibility index (Phi) is 5.07. The van der Waals surface area contributed by atoms with Crippen LogP contribution in [0.25, 0.3) is 5.69 Å². The van der Waals surface area contributed by atoms with E-state index >= 15 is 0 Å². The molecule has 0 spiro atoms. The zero-order chi connectivity index (χ0) is 19.6. The van der Waals surface area contributed by atoms with Gasteiger partial charge in [-0.05, 0) is 50.1 Å². The van der Waals surface area contributed by atoms with Crippen molar-refractivity contribution in [3.63, 3.8) is 0 Å². The van der Waals surface area contributed by atoms with Crippen LogP contribution >= 0.6 is 0 Å². The van der Waals surface area contributed by atoms with Gasteiger partial charge < -0.3 is 10.1 Å². The Morgan fingerprint density at radius 3 is 2.44 bits per heavy atom. The first-order valence-electron chi connectivity index (χ1n) is 8.53. The van der Waals surface area contributed by atoms with Gasteiger partial charge in [-0.2, -0.15) is 9.78 Å². The van der Waals surface area contributed by atoms with Crippen LogP contribution in [0.5, 0.6) is 5.75 Å². The largest absolute Gasteiger partial charge is 0.494 e. The van der Waals surface area contributed by atoms with Crippen LogP contribution in [0.4, 0.5) is 5.69 Å². The summed E-state index contributed by atoms with van der Waals surface area (Å²) < 4.78 is 6.41. The second-order valence-corrected chi connectivity index (χ2v) is 6.35. The first kappa shape index (κ1) is 18.4. The normalized spacial score (nSPS) is 10.5. The summed E-state index contributed by atoms with van der Waals surface area (Å²) in [5.41, 5.74) is 4.03. The fourth-order valence-corrected chi connectivity index (χ4v) is 2.69. The number of carbonyl (C=O) groups is 1. The van der Waals surface area contributed by atoms with Crippen molar-refractivity contribution in [1.82, 2.24) is 9.78 Å². The van der Waals surface area contributed by atoms with E-state index < -0.39 is 5.91 Å². The van der Waals surface area contributed by atoms with Gasteiger partial charge >= 0.3 is 0 Å². The van der Waals surface area contributed by atoms with E-state index in [9.17, 15) is 9.59 Å². The smallest absolute Gasteiger partial charge is 0.280 e. The van der Waals surface area contributed by atoms with Crippen molar-refractivity contribution in [3.05, 3.63) is 81.3 Å². The Morgan fingerprint density at radius 2 is 1.78 bits per heavy atom. The van der Waals surface area contributed by atoms with Gasteiger partial charge in [0.05, 0.1) is 18.9 Å². The molecule has 1 amide bonds. The van der Waals surface area contributed by atoms with Crippen LogP contribution in [0.1, 0.15) is 27.2 Å². The van der Waals surface area contributed by atoms with Crippen molar-refractivity contribution in [2.45, 2.75) is 20.8 Å². The highest BCUT2D eigenvalue weighted by Gasteiger charge is 2.19. The van der Waals surface area contributed by atoms with Crippen LogP contribution in [0.15, 0.2) is 53.3 Å². The highest BCUT2D eigenvalue weighted by molar-refractivity contribution is 6.05. The maximum absolute atomic E-state index is 12.8. The maximum atomic E-state index is 12.8. The van der Waals surface area contributed by atoms with Crippen molar-refractivity contribution in [2.24, 2.45) is 0 Å². The number of nitrogens with one attached hydrogen (secondary N) is 1. The molecule has 1 heterocycles. The van der Waals surface area contributed by atoms with E-state index in [0.717, 1.165) is 16.7 Å². The van der Waals surface area contributed by atoms with Crippen molar-refractivity contribution >= 4 is 11.6 Å². The predicted octanol–water partition coefficient (Wildman–Crippen LogP) is 3.42. The first-order valence-corrected chi connectivity index (χ1v) is 8.53. The van der Waals surface area contributed by atoms with Crippen LogP contribution in [0, 0.1) is 20.8 Å². The number of ether oxygens (including phenoxy) is 1. The molecule has 0 aliphatic rings. The molecule has 3 aromatic rings. The molecule has 1 aromatic heterocycles. The van der Waals surface area contributed by atoms with Crippen molar-refractivity contribution in [1.29, 1.82) is 0 Å². The lowest BCUT2D eigenvalue weighted by Crippen LogP contribution is -2.26. The summed E-state index contributed by atoms with van der Waals surface area (Å²) in [6, 6.07) is 14.3. The van der Waals surface area contributed by atoms with Gasteiger partial charge in [-0.1, -0.05) is 29.8 Å². The first-order chi connectivity index (χ1) is 12.9. The zero-order valence-electron chi connectivity index (χ0n) is 15.7. The zero-order valence-corrected chi connectivity index (χ0v) is 15.7. The molecule has 27 heavy (non-hydrogen) atoms. The minimum absolute atomic E-state index is 0.0404. The number of amides is 1. The Bertz CT molecular complexity index is 1050. The van der Waals surface area contributed by atoms with Gasteiger partial charge in [0, 0.05) is 5.69 Å². The van der Waals surface area contributed by atoms with E-state index in [1.54, 1.807) is 12.1 Å². The Labute approximate surface area is 157 Å². The van der Waals surface area contributed by atoms with Crippen LogP contribution in [-0.2, 0) is 0 Å². The maximum Gasteiger partial charge on any atom is 0.280 e. The number of aryl methyl sites for hydroxylation is 2. The van der Waals surface area contributed by atoms with Crippen molar-refractivity contribution in [3.8, 4) is 11.4 Å². The Morgan fingerprint density at radius 1 is 1.07 bits per heavy atom. The van der Waals surface area contributed by atoms with Gasteiger partial charge in [-0.3, -0.25) is 9.59 Å². The van der Waals surface area contributed by atoms with Crippen molar-refractivity contribution in [2.75, 3.05) is 12.4 Å². The number of anilines is 1. The van der Waals surface area contributed by atoms with Gasteiger partial charge in [-0.25, -0.2) is 0 Å². The molecule has 0 atom stereocenters. The van der Waals surface area contributed by atoms with Gasteiger partial charge in [-0.15, -0.1) is 0 Å². The van der Waals surface area contributed by atoms with Crippen LogP contribution < -0.4 is 15.6 Å². The number of nitrogens with zero attached hydrogens (tertiary/aromatic N) is 2. The van der Waals surface area contributed by atoms with Gasteiger partial charge in [0.2, 0.25) is 0 Å². The summed E-state index contributed by atoms with van der Waals surface area (Å²) in [6.07, 6.45) is 0. The average molecular weight is 363 g/mol. The number of methoxy groups -OCH3 is 1. The third-order valence-electron chi connectivity index (χ3n) is 4.46. The molecular weight excluding hydrogens is 342 g/mol. The van der Waals surface area contributed by atoms with E-state index in [0.29, 0.717) is 11.4 Å². The molecule has 0 bridgehead atoms. The van der Waals surface area contributed by atoms with Crippen molar-refractivity contribution < 1.29 is 9.53 Å². The molecule has 0 aliphatic carbocycles. The second-order valence-electron chi connectivity index (χ2n) is 6.35. The summed E-state index contributed by atoms with van der Waals surface area (Å²) in [6.45, 7) is 5.86. The van der Waals surface area contributed by atoms with Gasteiger partial charge in [0.1, 0.15) is 0 Å². The molecule has 0 radical (unpaired) electrons. The molecule has 6 nitrogen and oxygen atoms in total. The second kappa shape index (κ2) is 7.45. The monoisotopic (exact) mass is 363 g/mol. The number of benzene rings is 2. The Hall–Kier alpha value is -3.41. The lowest BCUT2D eigenvalue weighted by atomic mass is 10.1. The summed E-state index contributed by atoms with van der Waals surface area (Å²) in [5.74, 6) is -0.312. The van der Waals surface area contributed by atoms with E-state index in [2.05, 4.69) is 10.4 Å². The van der Waals surface area contributed by atoms with E-state index in [-0.39, 0.29) is 17.0 Å². The molecule has 0 aliphatic heterocycles. The van der Waals surface area contributed by atoms with Crippen LogP contribution in [-0.4, -0.2) is 22.8 Å². The number of hydrogen-bond acceptors (Lipinski definition) is 4. The molecule has 3 rings (SSSR count). The highest BCUT2D eigenvalue weighted by atomic mass is 16.5. The molecule has 0 fully saturated rings.